The third-order valence-electron chi connectivity index (χ3n) is 2.42. The third-order valence-corrected chi connectivity index (χ3v) is 2.42. The largest absolute Gasteiger partial charge is 0.480 e. The second-order valence-corrected chi connectivity index (χ2v) is 4.22. The number of carbonyl (C=O) groups excluding carboxylic acids is 1. The molecule has 5 heteroatoms. The van der Waals surface area contributed by atoms with Crippen LogP contribution in [0.1, 0.15) is 19.4 Å². The first-order valence-electron chi connectivity index (χ1n) is 4.85. The van der Waals surface area contributed by atoms with Gasteiger partial charge in [0, 0.05) is 19.2 Å². The fraction of sp³-hybridized carbons (Fsp3) is 0.455. The van der Waals surface area contributed by atoms with E-state index in [1.54, 1.807) is 13.1 Å². The Labute approximate surface area is 93.7 Å². The standard InChI is InChI=1S/C11H15NO4/c1-11(2,10(14)15)9(13)12(3)6-8-4-5-16-7-8/h4-5,7H,6H2,1-3H3,(H,14,15). The molecule has 1 aromatic rings. The zero-order valence-electron chi connectivity index (χ0n) is 9.56. The minimum absolute atomic E-state index is 0.339. The number of carboxylic acids is 1. The van der Waals surface area contributed by atoms with E-state index in [1.165, 1.54) is 31.3 Å². The first kappa shape index (κ1) is 12.3. The van der Waals surface area contributed by atoms with Crippen LogP contribution in [0.2, 0.25) is 0 Å². The summed E-state index contributed by atoms with van der Waals surface area (Å²) in [4.78, 5) is 24.1. The highest BCUT2D eigenvalue weighted by Crippen LogP contribution is 2.19. The number of amides is 1. The molecular formula is C11H15NO4. The van der Waals surface area contributed by atoms with E-state index in [4.69, 9.17) is 9.52 Å². The summed E-state index contributed by atoms with van der Waals surface area (Å²) in [5.74, 6) is -1.56. The van der Waals surface area contributed by atoms with Gasteiger partial charge in [0.1, 0.15) is 5.41 Å². The molecule has 1 amide bonds. The summed E-state index contributed by atoms with van der Waals surface area (Å²) >= 11 is 0. The van der Waals surface area contributed by atoms with Gasteiger partial charge >= 0.3 is 5.97 Å². The average molecular weight is 225 g/mol. The summed E-state index contributed by atoms with van der Waals surface area (Å²) in [5.41, 5.74) is -0.574. The van der Waals surface area contributed by atoms with Crippen molar-refractivity contribution in [1.82, 2.24) is 4.90 Å². The average Bonchev–Trinajstić information content (AvgIpc) is 2.68. The van der Waals surface area contributed by atoms with Gasteiger partial charge in [0.25, 0.3) is 0 Å². The quantitative estimate of drug-likeness (QED) is 0.785. The highest BCUT2D eigenvalue weighted by Gasteiger charge is 2.38. The number of carbonyl (C=O) groups is 2. The van der Waals surface area contributed by atoms with Crippen LogP contribution >= 0.6 is 0 Å². The third kappa shape index (κ3) is 2.42. The normalized spacial score (nSPS) is 11.2. The highest BCUT2D eigenvalue weighted by atomic mass is 16.4. The summed E-state index contributed by atoms with van der Waals surface area (Å²) < 4.78 is 4.87. The molecule has 16 heavy (non-hydrogen) atoms. The Kier molecular flexibility index (Phi) is 3.37. The Bertz CT molecular complexity index is 381. The van der Waals surface area contributed by atoms with Gasteiger partial charge in [-0.2, -0.15) is 0 Å². The summed E-state index contributed by atoms with van der Waals surface area (Å²) in [6, 6.07) is 1.73. The van der Waals surface area contributed by atoms with Crippen molar-refractivity contribution in [1.29, 1.82) is 0 Å². The molecule has 88 valence electrons. The molecule has 0 bridgehead atoms. The van der Waals surface area contributed by atoms with Gasteiger partial charge in [-0.1, -0.05) is 0 Å². The number of rotatable bonds is 4. The van der Waals surface area contributed by atoms with Gasteiger partial charge in [-0.3, -0.25) is 9.59 Å². The molecule has 0 saturated heterocycles. The van der Waals surface area contributed by atoms with Crippen LogP contribution in [-0.2, 0) is 16.1 Å². The zero-order valence-corrected chi connectivity index (χ0v) is 9.56. The summed E-state index contributed by atoms with van der Waals surface area (Å²) in [6.07, 6.45) is 3.04. The van der Waals surface area contributed by atoms with Crippen molar-refractivity contribution >= 4 is 11.9 Å². The molecule has 1 rings (SSSR count). The van der Waals surface area contributed by atoms with Gasteiger partial charge in [0.2, 0.25) is 5.91 Å². The molecule has 0 saturated carbocycles. The van der Waals surface area contributed by atoms with Crippen molar-refractivity contribution in [3.63, 3.8) is 0 Å². The smallest absolute Gasteiger partial charge is 0.318 e. The van der Waals surface area contributed by atoms with E-state index in [-0.39, 0.29) is 0 Å². The van der Waals surface area contributed by atoms with E-state index in [1.807, 2.05) is 0 Å². The highest BCUT2D eigenvalue weighted by molar-refractivity contribution is 6.00. The van der Waals surface area contributed by atoms with Crippen LogP contribution in [0.3, 0.4) is 0 Å². The Morgan fingerprint density at radius 2 is 2.12 bits per heavy atom. The minimum Gasteiger partial charge on any atom is -0.480 e. The van der Waals surface area contributed by atoms with Gasteiger partial charge in [-0.25, -0.2) is 0 Å². The van der Waals surface area contributed by atoms with Crippen LogP contribution in [0.25, 0.3) is 0 Å². The van der Waals surface area contributed by atoms with Crippen LogP contribution in [0.15, 0.2) is 23.0 Å². The summed E-state index contributed by atoms with van der Waals surface area (Å²) in [6.45, 7) is 3.12. The van der Waals surface area contributed by atoms with E-state index < -0.39 is 17.3 Å². The molecule has 1 aromatic heterocycles. The molecule has 0 aromatic carbocycles. The number of nitrogens with zero attached hydrogens (tertiary/aromatic N) is 1. The molecule has 0 fully saturated rings. The maximum atomic E-state index is 11.8. The van der Waals surface area contributed by atoms with E-state index in [0.29, 0.717) is 6.54 Å². The lowest BCUT2D eigenvalue weighted by molar-refractivity contribution is -0.157. The fourth-order valence-electron chi connectivity index (χ4n) is 1.30. The van der Waals surface area contributed by atoms with Crippen molar-refractivity contribution < 1.29 is 19.1 Å². The van der Waals surface area contributed by atoms with E-state index in [9.17, 15) is 9.59 Å². The molecule has 0 aliphatic rings. The van der Waals surface area contributed by atoms with Gasteiger partial charge in [0.15, 0.2) is 0 Å². The predicted molar refractivity (Wildman–Crippen MR) is 56.6 cm³/mol. The molecule has 0 unspecified atom stereocenters. The monoisotopic (exact) mass is 225 g/mol. The van der Waals surface area contributed by atoms with Crippen LogP contribution in [0, 0.1) is 5.41 Å². The number of aliphatic carboxylic acids is 1. The van der Waals surface area contributed by atoms with Crippen LogP contribution < -0.4 is 0 Å². The Morgan fingerprint density at radius 1 is 1.50 bits per heavy atom. The summed E-state index contributed by atoms with van der Waals surface area (Å²) in [5, 5.41) is 8.92. The second kappa shape index (κ2) is 4.38. The van der Waals surface area contributed by atoms with E-state index in [0.717, 1.165) is 5.56 Å². The zero-order chi connectivity index (χ0) is 12.3. The molecule has 0 radical (unpaired) electrons. The van der Waals surface area contributed by atoms with E-state index >= 15 is 0 Å². The Hall–Kier alpha value is -1.78. The molecule has 5 nitrogen and oxygen atoms in total. The molecule has 0 aliphatic heterocycles. The minimum atomic E-state index is -1.40. The summed E-state index contributed by atoms with van der Waals surface area (Å²) in [7, 11) is 1.57. The predicted octanol–water partition coefficient (Wildman–Crippen LogP) is 1.35. The Morgan fingerprint density at radius 3 is 2.56 bits per heavy atom. The lowest BCUT2D eigenvalue weighted by Crippen LogP contribution is -2.42. The Balaban J connectivity index is 2.71. The van der Waals surface area contributed by atoms with Crippen molar-refractivity contribution in [3.8, 4) is 0 Å². The topological polar surface area (TPSA) is 70.8 Å². The maximum Gasteiger partial charge on any atom is 0.318 e. The first-order chi connectivity index (χ1) is 7.35. The van der Waals surface area contributed by atoms with Crippen LogP contribution in [0.4, 0.5) is 0 Å². The molecule has 1 heterocycles. The lowest BCUT2D eigenvalue weighted by Gasteiger charge is -2.25. The fourth-order valence-corrected chi connectivity index (χ4v) is 1.30. The van der Waals surface area contributed by atoms with E-state index in [2.05, 4.69) is 0 Å². The van der Waals surface area contributed by atoms with Crippen molar-refractivity contribution in [3.05, 3.63) is 24.2 Å². The molecule has 0 atom stereocenters. The number of carboxylic acid groups (broad SMARTS) is 1. The number of hydrogen-bond donors (Lipinski definition) is 1. The molecular weight excluding hydrogens is 210 g/mol. The van der Waals surface area contributed by atoms with Crippen molar-refractivity contribution in [2.24, 2.45) is 5.41 Å². The van der Waals surface area contributed by atoms with Crippen LogP contribution in [-0.4, -0.2) is 28.9 Å². The SMILES string of the molecule is CN(Cc1ccoc1)C(=O)C(C)(C)C(=O)O. The molecule has 0 aliphatic carbocycles. The van der Waals surface area contributed by atoms with Gasteiger partial charge in [-0.05, 0) is 19.9 Å². The van der Waals surface area contributed by atoms with Crippen molar-refractivity contribution in [2.45, 2.75) is 20.4 Å². The van der Waals surface area contributed by atoms with Crippen molar-refractivity contribution in [2.75, 3.05) is 7.05 Å². The number of furan rings is 1. The first-order valence-corrected chi connectivity index (χ1v) is 4.85. The van der Waals surface area contributed by atoms with Gasteiger partial charge < -0.3 is 14.4 Å². The lowest BCUT2D eigenvalue weighted by atomic mass is 9.92. The molecule has 1 N–H and O–H groups in total. The van der Waals surface area contributed by atoms with Gasteiger partial charge in [-0.15, -0.1) is 0 Å². The second-order valence-electron chi connectivity index (χ2n) is 4.22. The number of hydrogen-bond acceptors (Lipinski definition) is 3. The van der Waals surface area contributed by atoms with Crippen LogP contribution in [0.5, 0.6) is 0 Å². The molecule has 0 spiro atoms. The maximum absolute atomic E-state index is 11.8. The van der Waals surface area contributed by atoms with Gasteiger partial charge in [0.05, 0.1) is 12.5 Å².